The van der Waals surface area contributed by atoms with Gasteiger partial charge in [0.1, 0.15) is 16.4 Å². The second-order valence-electron chi connectivity index (χ2n) is 5.56. The Bertz CT molecular complexity index is 1220. The van der Waals surface area contributed by atoms with Crippen molar-refractivity contribution in [3.05, 3.63) is 72.4 Å². The summed E-state index contributed by atoms with van der Waals surface area (Å²) in [5, 5.41) is 6.02. The molecular weight excluding hydrogens is 336 g/mol. The van der Waals surface area contributed by atoms with Gasteiger partial charge >= 0.3 is 0 Å². The molecule has 7 heteroatoms. The van der Waals surface area contributed by atoms with Gasteiger partial charge in [0.25, 0.3) is 0 Å². The lowest BCUT2D eigenvalue weighted by Crippen LogP contribution is -2.05. The fraction of sp³-hybridized carbons (Fsp3) is 0. The van der Waals surface area contributed by atoms with Crippen LogP contribution in [0.1, 0.15) is 0 Å². The smallest absolute Gasteiger partial charge is 0.200 e. The van der Waals surface area contributed by atoms with E-state index >= 15 is 0 Å². The minimum absolute atomic E-state index is 0.410. The second-order valence-corrected chi connectivity index (χ2v) is 5.95. The van der Waals surface area contributed by atoms with Gasteiger partial charge in [0.05, 0.1) is 5.52 Å². The summed E-state index contributed by atoms with van der Waals surface area (Å²) in [5.74, 6) is 1.29. The van der Waals surface area contributed by atoms with Crippen LogP contribution in [0.15, 0.2) is 67.3 Å². The highest BCUT2D eigenvalue weighted by Crippen LogP contribution is 2.24. The molecule has 0 amide bonds. The predicted octanol–water partition coefficient (Wildman–Crippen LogP) is 3.78. The molecule has 5 aromatic heterocycles. The average Bonchev–Trinajstić information content (AvgIpc) is 3.27. The van der Waals surface area contributed by atoms with E-state index in [-0.39, 0.29) is 0 Å². The molecule has 0 unspecified atom stereocenters. The van der Waals surface area contributed by atoms with Gasteiger partial charge < -0.3 is 0 Å². The number of fused-ring (bicyclic) bond motifs is 2. The van der Waals surface area contributed by atoms with Gasteiger partial charge in [-0.25, -0.2) is 14.5 Å². The lowest BCUT2D eigenvalue weighted by molar-refractivity contribution is 0.881. The highest BCUT2D eigenvalue weighted by Gasteiger charge is 2.14. The van der Waals surface area contributed by atoms with Crippen LogP contribution >= 0.6 is 11.6 Å². The van der Waals surface area contributed by atoms with E-state index in [1.54, 1.807) is 16.8 Å². The third kappa shape index (κ3) is 2.27. The molecule has 5 aromatic rings. The number of nitrogens with zero attached hydrogens (tertiary/aromatic N) is 6. The number of halogens is 1. The van der Waals surface area contributed by atoms with Crippen molar-refractivity contribution in [2.75, 3.05) is 0 Å². The minimum atomic E-state index is 0.410. The van der Waals surface area contributed by atoms with Gasteiger partial charge in [-0.1, -0.05) is 17.7 Å². The Morgan fingerprint density at radius 1 is 0.880 bits per heavy atom. The number of aromatic nitrogens is 6. The molecule has 6 nitrogen and oxygen atoms in total. The van der Waals surface area contributed by atoms with E-state index < -0.39 is 0 Å². The molecule has 0 saturated heterocycles. The van der Waals surface area contributed by atoms with E-state index in [4.69, 9.17) is 16.6 Å². The van der Waals surface area contributed by atoms with Gasteiger partial charge in [-0.3, -0.25) is 9.55 Å². The summed E-state index contributed by atoms with van der Waals surface area (Å²) in [6.45, 7) is 0. The Morgan fingerprint density at radius 2 is 1.84 bits per heavy atom. The normalized spacial score (nSPS) is 11.4. The zero-order valence-electron chi connectivity index (χ0n) is 12.9. The Morgan fingerprint density at radius 3 is 2.76 bits per heavy atom. The molecule has 25 heavy (non-hydrogen) atoms. The highest BCUT2D eigenvalue weighted by molar-refractivity contribution is 6.29. The molecule has 0 spiro atoms. The van der Waals surface area contributed by atoms with Crippen LogP contribution in [0, 0.1) is 0 Å². The van der Waals surface area contributed by atoms with Gasteiger partial charge in [-0.05, 0) is 36.4 Å². The number of hydrogen-bond donors (Lipinski definition) is 0. The average molecular weight is 347 g/mol. The second kappa shape index (κ2) is 5.39. The van der Waals surface area contributed by atoms with Crippen molar-refractivity contribution < 1.29 is 0 Å². The summed E-state index contributed by atoms with van der Waals surface area (Å²) in [7, 11) is 0. The van der Waals surface area contributed by atoms with Crippen molar-refractivity contribution in [2.24, 2.45) is 0 Å². The third-order valence-electron chi connectivity index (χ3n) is 4.03. The van der Waals surface area contributed by atoms with E-state index in [0.717, 1.165) is 22.2 Å². The van der Waals surface area contributed by atoms with Crippen LogP contribution in [0.3, 0.4) is 0 Å². The standard InChI is InChI=1S/C18H11ClN6/c19-16-5-1-3-13(21-16)17-22-18(15-4-2-9-25(15)23-17)24-10-7-12-11-20-8-6-14(12)24/h1-11H. The number of rotatable bonds is 2. The van der Waals surface area contributed by atoms with Gasteiger partial charge in [0, 0.05) is 30.2 Å². The van der Waals surface area contributed by atoms with Crippen LogP contribution in [-0.4, -0.2) is 29.1 Å². The Balaban J connectivity index is 1.82. The molecule has 0 aliphatic carbocycles. The fourth-order valence-electron chi connectivity index (χ4n) is 2.90. The van der Waals surface area contributed by atoms with Crippen molar-refractivity contribution in [1.29, 1.82) is 0 Å². The summed E-state index contributed by atoms with van der Waals surface area (Å²) in [6, 6.07) is 13.3. The van der Waals surface area contributed by atoms with E-state index in [0.29, 0.717) is 16.7 Å². The summed E-state index contributed by atoms with van der Waals surface area (Å²) in [5.41, 5.74) is 2.56. The van der Waals surface area contributed by atoms with Crippen LogP contribution in [0.2, 0.25) is 5.15 Å². The maximum atomic E-state index is 6.02. The number of hydrogen-bond acceptors (Lipinski definition) is 4. The van der Waals surface area contributed by atoms with E-state index in [2.05, 4.69) is 15.1 Å². The van der Waals surface area contributed by atoms with Gasteiger partial charge in [-0.15, -0.1) is 5.10 Å². The maximum absolute atomic E-state index is 6.02. The molecule has 5 heterocycles. The van der Waals surface area contributed by atoms with Crippen LogP contribution < -0.4 is 0 Å². The summed E-state index contributed by atoms with van der Waals surface area (Å²) in [6.07, 6.45) is 7.48. The molecule has 120 valence electrons. The molecule has 0 N–H and O–H groups in total. The highest BCUT2D eigenvalue weighted by atomic mass is 35.5. The lowest BCUT2D eigenvalue weighted by Gasteiger charge is -2.09. The van der Waals surface area contributed by atoms with E-state index in [1.807, 2.05) is 59.6 Å². The molecule has 0 bridgehead atoms. The van der Waals surface area contributed by atoms with Gasteiger partial charge in [0.15, 0.2) is 5.82 Å². The van der Waals surface area contributed by atoms with Crippen molar-refractivity contribution in [3.8, 4) is 17.3 Å². The molecule has 0 saturated carbocycles. The first-order valence-electron chi connectivity index (χ1n) is 7.69. The van der Waals surface area contributed by atoms with E-state index in [1.165, 1.54) is 0 Å². The molecule has 0 aromatic carbocycles. The Kier molecular flexibility index (Phi) is 3.05. The van der Waals surface area contributed by atoms with Crippen molar-refractivity contribution in [3.63, 3.8) is 0 Å². The molecule has 0 fully saturated rings. The largest absolute Gasteiger partial charge is 0.299 e. The fourth-order valence-corrected chi connectivity index (χ4v) is 3.07. The SMILES string of the molecule is Clc1cccc(-c2nc(-n3ccc4cnccc43)c3cccn3n2)n1. The van der Waals surface area contributed by atoms with Crippen LogP contribution in [-0.2, 0) is 0 Å². The zero-order valence-corrected chi connectivity index (χ0v) is 13.7. The molecule has 0 atom stereocenters. The zero-order chi connectivity index (χ0) is 16.8. The first-order valence-corrected chi connectivity index (χ1v) is 8.07. The maximum Gasteiger partial charge on any atom is 0.200 e. The van der Waals surface area contributed by atoms with E-state index in [9.17, 15) is 0 Å². The first-order chi connectivity index (χ1) is 12.3. The lowest BCUT2D eigenvalue weighted by atomic mass is 10.3. The van der Waals surface area contributed by atoms with Crippen molar-refractivity contribution in [1.82, 2.24) is 29.1 Å². The quantitative estimate of drug-likeness (QED) is 0.456. The first kappa shape index (κ1) is 14.1. The van der Waals surface area contributed by atoms with Crippen LogP contribution in [0.5, 0.6) is 0 Å². The summed E-state index contributed by atoms with van der Waals surface area (Å²) >= 11 is 6.02. The Hall–Kier alpha value is -3.25. The molecule has 5 rings (SSSR count). The monoisotopic (exact) mass is 346 g/mol. The predicted molar refractivity (Wildman–Crippen MR) is 95.9 cm³/mol. The van der Waals surface area contributed by atoms with Gasteiger partial charge in [-0.2, -0.15) is 0 Å². The van der Waals surface area contributed by atoms with Crippen molar-refractivity contribution in [2.45, 2.75) is 0 Å². The van der Waals surface area contributed by atoms with Crippen molar-refractivity contribution >= 4 is 28.0 Å². The summed E-state index contributed by atoms with van der Waals surface area (Å²) < 4.78 is 3.83. The van der Waals surface area contributed by atoms with Gasteiger partial charge in [0.2, 0.25) is 5.82 Å². The van der Waals surface area contributed by atoms with Crippen LogP contribution in [0.4, 0.5) is 0 Å². The number of pyridine rings is 2. The topological polar surface area (TPSA) is 60.9 Å². The third-order valence-corrected chi connectivity index (χ3v) is 4.24. The Labute approximate surface area is 147 Å². The molecular formula is C18H11ClN6. The van der Waals surface area contributed by atoms with Crippen LogP contribution in [0.25, 0.3) is 33.8 Å². The molecule has 0 aliphatic rings. The minimum Gasteiger partial charge on any atom is -0.299 e. The molecule has 0 aliphatic heterocycles. The molecule has 0 radical (unpaired) electrons. The summed E-state index contributed by atoms with van der Waals surface area (Å²) in [4.78, 5) is 13.3.